The van der Waals surface area contributed by atoms with Crippen LogP contribution in [0, 0.1) is 17.2 Å². The zero-order valence-electron chi connectivity index (χ0n) is 6.96. The second kappa shape index (κ2) is 2.70. The molecule has 0 bridgehead atoms. The summed E-state index contributed by atoms with van der Waals surface area (Å²) in [6.07, 6.45) is 2.29. The van der Waals surface area contributed by atoms with E-state index in [4.69, 9.17) is 5.26 Å². The van der Waals surface area contributed by atoms with Crippen LogP contribution in [0.25, 0.3) is 0 Å². The van der Waals surface area contributed by atoms with Gasteiger partial charge in [0.2, 0.25) is 5.91 Å². The van der Waals surface area contributed by atoms with Crippen LogP contribution in [-0.2, 0) is 9.59 Å². The van der Waals surface area contributed by atoms with E-state index in [0.29, 0.717) is 18.4 Å². The van der Waals surface area contributed by atoms with E-state index < -0.39 is 11.8 Å². The average Bonchev–Trinajstić information content (AvgIpc) is 2.53. The van der Waals surface area contributed by atoms with Crippen molar-refractivity contribution in [2.24, 2.45) is 5.92 Å². The maximum Gasteiger partial charge on any atom is 0.253 e. The molecule has 2 aliphatic rings. The quantitative estimate of drug-likeness (QED) is 0.538. The highest BCUT2D eigenvalue weighted by atomic mass is 16.2. The summed E-state index contributed by atoms with van der Waals surface area (Å²) in [5.74, 6) is -1.49. The number of hydrogen-bond donors (Lipinski definition) is 1. The van der Waals surface area contributed by atoms with E-state index in [0.717, 1.165) is 12.0 Å². The van der Waals surface area contributed by atoms with Crippen LogP contribution in [0.3, 0.4) is 0 Å². The number of rotatable bonds is 0. The fraction of sp³-hybridized carbons (Fsp3) is 0.444. The van der Waals surface area contributed by atoms with Gasteiger partial charge < -0.3 is 0 Å². The Hall–Kier alpha value is -1.63. The molecule has 13 heavy (non-hydrogen) atoms. The summed E-state index contributed by atoms with van der Waals surface area (Å²) >= 11 is 0. The molecular weight excluding hydrogens is 168 g/mol. The summed E-state index contributed by atoms with van der Waals surface area (Å²) in [6, 6.07) is 1.92. The summed E-state index contributed by atoms with van der Waals surface area (Å²) in [7, 11) is 0. The van der Waals surface area contributed by atoms with Gasteiger partial charge in [-0.2, -0.15) is 5.26 Å². The third kappa shape index (κ3) is 1.04. The molecule has 0 saturated carbocycles. The molecule has 0 aromatic rings. The second-order valence-corrected chi connectivity index (χ2v) is 3.24. The van der Waals surface area contributed by atoms with Crippen molar-refractivity contribution >= 4 is 11.8 Å². The molecule has 0 radical (unpaired) electrons. The standard InChI is InChI=1S/C9H8N2O2/c10-4-7-5-2-1-3-6(5)8(12)11-9(7)13/h7H,1-3H2,(H,11,12,13)/t7-/m1/s1. The Balaban J connectivity index is 2.46. The van der Waals surface area contributed by atoms with Gasteiger partial charge in [0.1, 0.15) is 5.92 Å². The van der Waals surface area contributed by atoms with Crippen LogP contribution in [-0.4, -0.2) is 11.8 Å². The Morgan fingerprint density at radius 3 is 2.85 bits per heavy atom. The van der Waals surface area contributed by atoms with Gasteiger partial charge in [-0.25, -0.2) is 0 Å². The average molecular weight is 176 g/mol. The lowest BCUT2D eigenvalue weighted by Crippen LogP contribution is -2.41. The Labute approximate surface area is 75.2 Å². The predicted octanol–water partition coefficient (Wildman–Crippen LogP) is 0.263. The first-order valence-corrected chi connectivity index (χ1v) is 4.20. The fourth-order valence-corrected chi connectivity index (χ4v) is 1.90. The molecule has 4 heteroatoms. The Morgan fingerprint density at radius 2 is 2.15 bits per heavy atom. The summed E-state index contributed by atoms with van der Waals surface area (Å²) in [5, 5.41) is 10.9. The summed E-state index contributed by atoms with van der Waals surface area (Å²) in [4.78, 5) is 22.4. The lowest BCUT2D eigenvalue weighted by Gasteiger charge is -2.17. The number of carbonyl (C=O) groups is 2. The Kier molecular flexibility index (Phi) is 1.66. The van der Waals surface area contributed by atoms with Gasteiger partial charge >= 0.3 is 0 Å². The van der Waals surface area contributed by atoms with E-state index in [2.05, 4.69) is 5.32 Å². The molecule has 2 amide bonds. The third-order valence-electron chi connectivity index (χ3n) is 2.51. The lowest BCUT2D eigenvalue weighted by molar-refractivity contribution is -0.130. The van der Waals surface area contributed by atoms with Crippen LogP contribution in [0.15, 0.2) is 11.1 Å². The van der Waals surface area contributed by atoms with Gasteiger partial charge in [0, 0.05) is 5.57 Å². The van der Waals surface area contributed by atoms with Crippen molar-refractivity contribution in [2.75, 3.05) is 0 Å². The highest BCUT2D eigenvalue weighted by Crippen LogP contribution is 2.33. The second-order valence-electron chi connectivity index (χ2n) is 3.24. The van der Waals surface area contributed by atoms with Gasteiger partial charge in [-0.05, 0) is 24.8 Å². The van der Waals surface area contributed by atoms with Crippen molar-refractivity contribution < 1.29 is 9.59 Å². The topological polar surface area (TPSA) is 70.0 Å². The van der Waals surface area contributed by atoms with Crippen molar-refractivity contribution in [1.82, 2.24) is 5.32 Å². The molecule has 0 aromatic carbocycles. The largest absolute Gasteiger partial charge is 0.291 e. The van der Waals surface area contributed by atoms with Gasteiger partial charge in [-0.15, -0.1) is 0 Å². The first kappa shape index (κ1) is 7.99. The van der Waals surface area contributed by atoms with Crippen LogP contribution in [0.4, 0.5) is 0 Å². The first-order chi connectivity index (χ1) is 6.24. The first-order valence-electron chi connectivity index (χ1n) is 4.20. The van der Waals surface area contributed by atoms with Gasteiger partial charge in [-0.1, -0.05) is 0 Å². The SMILES string of the molecule is N#C[C@H]1C(=O)NC(=O)C2=C1CCC2. The number of nitriles is 1. The van der Waals surface area contributed by atoms with Crippen LogP contribution in [0.5, 0.6) is 0 Å². The lowest BCUT2D eigenvalue weighted by atomic mass is 9.92. The molecule has 0 aromatic heterocycles. The molecule has 1 N–H and O–H groups in total. The monoisotopic (exact) mass is 176 g/mol. The van der Waals surface area contributed by atoms with Gasteiger partial charge in [-0.3, -0.25) is 14.9 Å². The molecule has 2 rings (SSSR count). The number of nitrogens with one attached hydrogen (secondary N) is 1. The van der Waals surface area contributed by atoms with E-state index in [9.17, 15) is 9.59 Å². The van der Waals surface area contributed by atoms with E-state index in [1.54, 1.807) is 0 Å². The highest BCUT2D eigenvalue weighted by molar-refractivity contribution is 6.10. The maximum atomic E-state index is 11.2. The minimum Gasteiger partial charge on any atom is -0.291 e. The molecule has 0 fully saturated rings. The number of imide groups is 1. The molecule has 1 heterocycles. The van der Waals surface area contributed by atoms with Crippen LogP contribution in [0.1, 0.15) is 19.3 Å². The number of carbonyl (C=O) groups excluding carboxylic acids is 2. The minimum absolute atomic E-state index is 0.302. The molecule has 1 aliphatic heterocycles. The van der Waals surface area contributed by atoms with Crippen LogP contribution >= 0.6 is 0 Å². The summed E-state index contributed by atoms with van der Waals surface area (Å²) in [6.45, 7) is 0. The van der Waals surface area contributed by atoms with Crippen molar-refractivity contribution in [3.8, 4) is 6.07 Å². The van der Waals surface area contributed by atoms with Crippen molar-refractivity contribution in [3.63, 3.8) is 0 Å². The van der Waals surface area contributed by atoms with E-state index >= 15 is 0 Å². The number of hydrogen-bond acceptors (Lipinski definition) is 3. The predicted molar refractivity (Wildman–Crippen MR) is 43.1 cm³/mol. The van der Waals surface area contributed by atoms with Gasteiger partial charge in [0.15, 0.2) is 0 Å². The zero-order chi connectivity index (χ0) is 9.42. The molecule has 0 unspecified atom stereocenters. The van der Waals surface area contributed by atoms with Crippen molar-refractivity contribution in [3.05, 3.63) is 11.1 Å². The maximum absolute atomic E-state index is 11.2. The molecule has 4 nitrogen and oxygen atoms in total. The molecular formula is C9H8N2O2. The Bertz CT molecular complexity index is 362. The molecule has 0 spiro atoms. The molecule has 66 valence electrons. The summed E-state index contributed by atoms with van der Waals surface area (Å²) < 4.78 is 0. The van der Waals surface area contributed by atoms with Gasteiger partial charge in [0.25, 0.3) is 5.91 Å². The van der Waals surface area contributed by atoms with E-state index in [1.165, 1.54) is 0 Å². The zero-order valence-corrected chi connectivity index (χ0v) is 6.96. The minimum atomic E-state index is -0.727. The fourth-order valence-electron chi connectivity index (χ4n) is 1.90. The molecule has 0 saturated heterocycles. The van der Waals surface area contributed by atoms with Crippen LogP contribution in [0.2, 0.25) is 0 Å². The van der Waals surface area contributed by atoms with E-state index in [1.807, 2.05) is 6.07 Å². The smallest absolute Gasteiger partial charge is 0.253 e. The highest BCUT2D eigenvalue weighted by Gasteiger charge is 2.36. The molecule has 1 aliphatic carbocycles. The number of amides is 2. The number of nitrogens with zero attached hydrogens (tertiary/aromatic N) is 1. The van der Waals surface area contributed by atoms with Crippen molar-refractivity contribution in [1.29, 1.82) is 5.26 Å². The van der Waals surface area contributed by atoms with Crippen molar-refractivity contribution in [2.45, 2.75) is 19.3 Å². The third-order valence-corrected chi connectivity index (χ3v) is 2.51. The summed E-state index contributed by atoms with van der Waals surface area (Å²) in [5.41, 5.74) is 1.41. The Morgan fingerprint density at radius 1 is 1.38 bits per heavy atom. The normalized spacial score (nSPS) is 26.8. The molecule has 1 atom stereocenters. The van der Waals surface area contributed by atoms with Gasteiger partial charge in [0.05, 0.1) is 6.07 Å². The van der Waals surface area contributed by atoms with E-state index in [-0.39, 0.29) is 5.91 Å². The van der Waals surface area contributed by atoms with Crippen LogP contribution < -0.4 is 5.32 Å².